The van der Waals surface area contributed by atoms with Crippen LogP contribution in [0.1, 0.15) is 38.1 Å². The highest BCUT2D eigenvalue weighted by Crippen LogP contribution is 2.09. The molecular weight excluding hydrogens is 266 g/mol. The van der Waals surface area contributed by atoms with Crippen LogP contribution >= 0.6 is 0 Å². The van der Waals surface area contributed by atoms with E-state index in [1.807, 2.05) is 6.92 Å². The summed E-state index contributed by atoms with van der Waals surface area (Å²) < 4.78 is 0. The predicted molar refractivity (Wildman–Crippen MR) is 85.9 cm³/mol. The molecule has 0 saturated heterocycles. The van der Waals surface area contributed by atoms with Crippen molar-refractivity contribution in [3.05, 3.63) is 29.8 Å². The quantitative estimate of drug-likeness (QED) is 0.759. The summed E-state index contributed by atoms with van der Waals surface area (Å²) in [5, 5.41) is 5.67. The molecule has 0 saturated carbocycles. The zero-order valence-electron chi connectivity index (χ0n) is 13.3. The first kappa shape index (κ1) is 17.2. The van der Waals surface area contributed by atoms with Crippen LogP contribution in [0.2, 0.25) is 0 Å². The van der Waals surface area contributed by atoms with E-state index in [0.29, 0.717) is 11.3 Å². The Bertz CT molecular complexity index is 467. The summed E-state index contributed by atoms with van der Waals surface area (Å²) in [5.41, 5.74) is 1.31. The van der Waals surface area contributed by atoms with E-state index in [4.69, 9.17) is 0 Å². The maximum Gasteiger partial charge on any atom is 0.319 e. The SMILES string of the molecule is CCN(CC)CC(C)NC(=O)Nc1ccc(C(C)=O)cc1. The Morgan fingerprint density at radius 1 is 1.14 bits per heavy atom. The maximum absolute atomic E-state index is 11.9. The molecule has 0 aromatic heterocycles. The summed E-state index contributed by atoms with van der Waals surface area (Å²) in [4.78, 5) is 25.3. The van der Waals surface area contributed by atoms with Crippen LogP contribution in [-0.2, 0) is 0 Å². The van der Waals surface area contributed by atoms with Gasteiger partial charge in [-0.1, -0.05) is 13.8 Å². The number of likely N-dealkylation sites (N-methyl/N-ethyl adjacent to an activating group) is 1. The third-order valence-electron chi connectivity index (χ3n) is 3.35. The first-order valence-electron chi connectivity index (χ1n) is 7.37. The second-order valence-corrected chi connectivity index (χ2v) is 5.12. The number of hydrogen-bond donors (Lipinski definition) is 2. The predicted octanol–water partition coefficient (Wildman–Crippen LogP) is 2.74. The normalized spacial score (nSPS) is 12.0. The molecule has 1 rings (SSSR count). The number of carbonyl (C=O) groups excluding carboxylic acids is 2. The number of hydrogen-bond acceptors (Lipinski definition) is 3. The number of anilines is 1. The van der Waals surface area contributed by atoms with Gasteiger partial charge in [0.2, 0.25) is 0 Å². The minimum Gasteiger partial charge on any atom is -0.334 e. The summed E-state index contributed by atoms with van der Waals surface area (Å²) in [5.74, 6) is 0.0128. The summed E-state index contributed by atoms with van der Waals surface area (Å²) >= 11 is 0. The first-order chi connectivity index (χ1) is 9.96. The van der Waals surface area contributed by atoms with Crippen molar-refractivity contribution in [1.82, 2.24) is 10.2 Å². The van der Waals surface area contributed by atoms with Crippen LogP contribution in [0.5, 0.6) is 0 Å². The number of Topliss-reactive ketones (excluding diaryl/α,β-unsaturated/α-hetero) is 1. The van der Waals surface area contributed by atoms with Crippen molar-refractivity contribution in [2.75, 3.05) is 25.0 Å². The summed E-state index contributed by atoms with van der Waals surface area (Å²) in [6, 6.07) is 6.71. The molecular formula is C16H25N3O2. The smallest absolute Gasteiger partial charge is 0.319 e. The average Bonchev–Trinajstić information content (AvgIpc) is 2.45. The van der Waals surface area contributed by atoms with Crippen LogP contribution in [0.3, 0.4) is 0 Å². The van der Waals surface area contributed by atoms with Gasteiger partial charge in [0.15, 0.2) is 5.78 Å². The molecule has 0 radical (unpaired) electrons. The molecule has 1 unspecified atom stereocenters. The number of nitrogens with zero attached hydrogens (tertiary/aromatic N) is 1. The van der Waals surface area contributed by atoms with E-state index in [2.05, 4.69) is 29.4 Å². The minimum absolute atomic E-state index is 0.0128. The Balaban J connectivity index is 2.47. The van der Waals surface area contributed by atoms with Crippen molar-refractivity contribution < 1.29 is 9.59 Å². The van der Waals surface area contributed by atoms with E-state index in [0.717, 1.165) is 19.6 Å². The summed E-state index contributed by atoms with van der Waals surface area (Å²) in [7, 11) is 0. The monoisotopic (exact) mass is 291 g/mol. The van der Waals surface area contributed by atoms with E-state index in [1.165, 1.54) is 6.92 Å². The number of ketones is 1. The highest BCUT2D eigenvalue weighted by atomic mass is 16.2. The molecule has 5 heteroatoms. The lowest BCUT2D eigenvalue weighted by molar-refractivity contribution is 0.101. The van der Waals surface area contributed by atoms with Gasteiger partial charge in [0, 0.05) is 23.8 Å². The average molecular weight is 291 g/mol. The van der Waals surface area contributed by atoms with Gasteiger partial charge in [0.25, 0.3) is 0 Å². The lowest BCUT2D eigenvalue weighted by Crippen LogP contribution is -2.43. The largest absolute Gasteiger partial charge is 0.334 e. The molecule has 1 atom stereocenters. The fraction of sp³-hybridized carbons (Fsp3) is 0.500. The van der Waals surface area contributed by atoms with Crippen LogP contribution in [0.15, 0.2) is 24.3 Å². The van der Waals surface area contributed by atoms with E-state index >= 15 is 0 Å². The van der Waals surface area contributed by atoms with Crippen molar-refractivity contribution in [2.24, 2.45) is 0 Å². The number of rotatable bonds is 7. The fourth-order valence-corrected chi connectivity index (χ4v) is 2.09. The van der Waals surface area contributed by atoms with Crippen LogP contribution in [-0.4, -0.2) is 42.4 Å². The minimum atomic E-state index is -0.231. The molecule has 1 aromatic rings. The van der Waals surface area contributed by atoms with Gasteiger partial charge in [-0.15, -0.1) is 0 Å². The van der Waals surface area contributed by atoms with Gasteiger partial charge in [0.1, 0.15) is 0 Å². The summed E-state index contributed by atoms with van der Waals surface area (Å²) in [6.07, 6.45) is 0. The molecule has 0 aliphatic heterocycles. The number of nitrogens with one attached hydrogen (secondary N) is 2. The number of benzene rings is 1. The molecule has 2 N–H and O–H groups in total. The van der Waals surface area contributed by atoms with Gasteiger partial charge in [-0.3, -0.25) is 4.79 Å². The van der Waals surface area contributed by atoms with Crippen molar-refractivity contribution in [2.45, 2.75) is 33.7 Å². The Labute approximate surface area is 126 Å². The molecule has 0 aliphatic rings. The first-order valence-corrected chi connectivity index (χ1v) is 7.37. The van der Waals surface area contributed by atoms with Crippen LogP contribution in [0, 0.1) is 0 Å². The molecule has 116 valence electrons. The third-order valence-corrected chi connectivity index (χ3v) is 3.35. The topological polar surface area (TPSA) is 61.4 Å². The Hall–Kier alpha value is -1.88. The van der Waals surface area contributed by atoms with Crippen LogP contribution in [0.4, 0.5) is 10.5 Å². The zero-order chi connectivity index (χ0) is 15.8. The zero-order valence-corrected chi connectivity index (χ0v) is 13.3. The number of urea groups is 1. The molecule has 0 spiro atoms. The molecule has 21 heavy (non-hydrogen) atoms. The van der Waals surface area contributed by atoms with Crippen LogP contribution in [0.25, 0.3) is 0 Å². The molecule has 1 aromatic carbocycles. The second kappa shape index (κ2) is 8.42. The standard InChI is InChI=1S/C16H25N3O2/c1-5-19(6-2)11-12(3)17-16(21)18-15-9-7-14(8-10-15)13(4)20/h7-10,12H,5-6,11H2,1-4H3,(H2,17,18,21). The lowest BCUT2D eigenvalue weighted by atomic mass is 10.1. The third kappa shape index (κ3) is 5.95. The molecule has 0 heterocycles. The van der Waals surface area contributed by atoms with Crippen molar-refractivity contribution >= 4 is 17.5 Å². The fourth-order valence-electron chi connectivity index (χ4n) is 2.09. The molecule has 2 amide bonds. The molecule has 0 aliphatic carbocycles. The van der Waals surface area contributed by atoms with Crippen molar-refractivity contribution in [3.8, 4) is 0 Å². The number of carbonyl (C=O) groups is 2. The summed E-state index contributed by atoms with van der Waals surface area (Å²) in [6.45, 7) is 10.5. The molecule has 5 nitrogen and oxygen atoms in total. The van der Waals surface area contributed by atoms with Crippen molar-refractivity contribution in [1.29, 1.82) is 0 Å². The van der Waals surface area contributed by atoms with Crippen molar-refractivity contribution in [3.63, 3.8) is 0 Å². The van der Waals surface area contributed by atoms with E-state index in [-0.39, 0.29) is 17.9 Å². The van der Waals surface area contributed by atoms with Gasteiger partial charge in [-0.2, -0.15) is 0 Å². The molecule has 0 bridgehead atoms. The molecule has 0 fully saturated rings. The highest BCUT2D eigenvalue weighted by Gasteiger charge is 2.10. The van der Waals surface area contributed by atoms with Crippen LogP contribution < -0.4 is 10.6 Å². The van der Waals surface area contributed by atoms with Gasteiger partial charge in [-0.25, -0.2) is 4.79 Å². The Morgan fingerprint density at radius 2 is 1.71 bits per heavy atom. The van der Waals surface area contributed by atoms with Gasteiger partial charge in [0.05, 0.1) is 0 Å². The maximum atomic E-state index is 11.9. The van der Waals surface area contributed by atoms with Gasteiger partial charge in [-0.05, 0) is 51.2 Å². The number of amides is 2. The Kier molecular flexibility index (Phi) is 6.88. The van der Waals surface area contributed by atoms with Gasteiger partial charge >= 0.3 is 6.03 Å². The second-order valence-electron chi connectivity index (χ2n) is 5.12. The lowest BCUT2D eigenvalue weighted by Gasteiger charge is -2.23. The van der Waals surface area contributed by atoms with Gasteiger partial charge < -0.3 is 15.5 Å². The highest BCUT2D eigenvalue weighted by molar-refractivity contribution is 5.95. The van der Waals surface area contributed by atoms with E-state index < -0.39 is 0 Å². The Morgan fingerprint density at radius 3 is 2.19 bits per heavy atom. The van der Waals surface area contributed by atoms with E-state index in [9.17, 15) is 9.59 Å². The van der Waals surface area contributed by atoms with E-state index in [1.54, 1.807) is 24.3 Å².